The van der Waals surface area contributed by atoms with E-state index in [0.717, 1.165) is 102 Å². The number of ether oxygens (including phenoxy) is 4. The van der Waals surface area contributed by atoms with Gasteiger partial charge in [0.25, 0.3) is 0 Å². The van der Waals surface area contributed by atoms with Gasteiger partial charge in [0.1, 0.15) is 19.3 Å². The number of aliphatic hydroxyl groups is 1. The second kappa shape index (κ2) is 70.7. The zero-order valence-electron chi connectivity index (χ0n) is 64.1. The lowest BCUT2D eigenvalue weighted by atomic mass is 9.99. The summed E-state index contributed by atoms with van der Waals surface area (Å²) in [6.45, 7) is 9.56. The molecule has 0 aliphatic carbocycles. The van der Waals surface area contributed by atoms with E-state index in [9.17, 15) is 43.2 Å². The van der Waals surface area contributed by atoms with Crippen molar-refractivity contribution in [2.24, 2.45) is 11.8 Å². The number of unbranched alkanes of at least 4 members (excludes halogenated alkanes) is 47. The Balaban J connectivity index is 5.22. The van der Waals surface area contributed by atoms with Crippen LogP contribution < -0.4 is 0 Å². The van der Waals surface area contributed by atoms with Crippen LogP contribution >= 0.6 is 15.6 Å². The Morgan fingerprint density at radius 1 is 0.296 bits per heavy atom. The summed E-state index contributed by atoms with van der Waals surface area (Å²) >= 11 is 0. The second-order valence-electron chi connectivity index (χ2n) is 29.2. The zero-order chi connectivity index (χ0) is 72.1. The van der Waals surface area contributed by atoms with Crippen LogP contribution in [0.25, 0.3) is 0 Å². The summed E-state index contributed by atoms with van der Waals surface area (Å²) in [5, 5.41) is 10.6. The van der Waals surface area contributed by atoms with Crippen molar-refractivity contribution in [3.63, 3.8) is 0 Å². The third-order valence-electron chi connectivity index (χ3n) is 18.8. The number of hydrogen-bond donors (Lipinski definition) is 3. The van der Waals surface area contributed by atoms with Crippen molar-refractivity contribution in [3.05, 3.63) is 0 Å². The molecule has 0 radical (unpaired) electrons. The zero-order valence-corrected chi connectivity index (χ0v) is 65.9. The van der Waals surface area contributed by atoms with E-state index in [4.69, 9.17) is 37.0 Å². The Labute approximate surface area is 600 Å². The fourth-order valence-corrected chi connectivity index (χ4v) is 13.7. The van der Waals surface area contributed by atoms with E-state index in [1.807, 2.05) is 0 Å². The van der Waals surface area contributed by atoms with E-state index in [1.165, 1.54) is 225 Å². The summed E-state index contributed by atoms with van der Waals surface area (Å²) in [5.74, 6) is -0.631. The average molecular weight is 1440 g/mol. The Bertz CT molecular complexity index is 1890. The first-order valence-corrected chi connectivity index (χ1v) is 44.0. The minimum Gasteiger partial charge on any atom is -0.462 e. The van der Waals surface area contributed by atoms with E-state index >= 15 is 0 Å². The molecule has 0 saturated heterocycles. The van der Waals surface area contributed by atoms with Crippen LogP contribution in [-0.2, 0) is 65.4 Å². The Morgan fingerprint density at radius 3 is 0.776 bits per heavy atom. The van der Waals surface area contributed by atoms with Gasteiger partial charge in [-0.15, -0.1) is 0 Å². The lowest BCUT2D eigenvalue weighted by molar-refractivity contribution is -0.161. The van der Waals surface area contributed by atoms with Gasteiger partial charge in [0.2, 0.25) is 0 Å². The predicted octanol–water partition coefficient (Wildman–Crippen LogP) is 23.5. The maximum atomic E-state index is 13.1. The minimum absolute atomic E-state index is 0.105. The third kappa shape index (κ3) is 71.1. The number of carbonyl (C=O) groups excluding carboxylic acids is 4. The average Bonchev–Trinajstić information content (AvgIpc) is 1.59. The van der Waals surface area contributed by atoms with Gasteiger partial charge in [0, 0.05) is 25.7 Å². The van der Waals surface area contributed by atoms with Crippen molar-refractivity contribution in [1.29, 1.82) is 0 Å². The maximum absolute atomic E-state index is 13.1. The number of aliphatic hydroxyl groups excluding tert-OH is 1. The number of phosphoric ester groups is 2. The van der Waals surface area contributed by atoms with Crippen LogP contribution in [0, 0.1) is 11.8 Å². The minimum atomic E-state index is -4.96. The van der Waals surface area contributed by atoms with Gasteiger partial charge in [-0.1, -0.05) is 363 Å². The highest BCUT2D eigenvalue weighted by Crippen LogP contribution is 2.45. The molecule has 0 amide bonds. The van der Waals surface area contributed by atoms with Crippen LogP contribution in [0.4, 0.5) is 0 Å². The Kier molecular flexibility index (Phi) is 69.3. The molecule has 582 valence electrons. The summed E-state index contributed by atoms with van der Waals surface area (Å²) in [7, 11) is -9.92. The number of hydrogen-bond acceptors (Lipinski definition) is 15. The molecule has 17 nitrogen and oxygen atoms in total. The predicted molar refractivity (Wildman–Crippen MR) is 400 cm³/mol. The molecule has 0 aromatic heterocycles. The molecular formula is C79H154O17P2. The summed E-state index contributed by atoms with van der Waals surface area (Å²) in [4.78, 5) is 72.9. The summed E-state index contributed by atoms with van der Waals surface area (Å²) in [6, 6.07) is 0. The van der Waals surface area contributed by atoms with Gasteiger partial charge < -0.3 is 33.8 Å². The molecular weight excluding hydrogens is 1280 g/mol. The second-order valence-corrected chi connectivity index (χ2v) is 32.1. The molecule has 0 aromatic rings. The Hall–Kier alpha value is -1.94. The van der Waals surface area contributed by atoms with Crippen LogP contribution in [0.2, 0.25) is 0 Å². The van der Waals surface area contributed by atoms with E-state index in [0.29, 0.717) is 31.6 Å². The van der Waals surface area contributed by atoms with Crippen molar-refractivity contribution in [2.45, 2.75) is 432 Å². The summed E-state index contributed by atoms with van der Waals surface area (Å²) < 4.78 is 68.6. The van der Waals surface area contributed by atoms with Crippen LogP contribution in [0.1, 0.15) is 414 Å². The van der Waals surface area contributed by atoms with Crippen molar-refractivity contribution >= 4 is 39.5 Å². The van der Waals surface area contributed by atoms with Crippen LogP contribution in [0.5, 0.6) is 0 Å². The van der Waals surface area contributed by atoms with Gasteiger partial charge in [0.15, 0.2) is 12.2 Å². The van der Waals surface area contributed by atoms with E-state index in [-0.39, 0.29) is 25.7 Å². The first-order valence-electron chi connectivity index (χ1n) is 41.0. The van der Waals surface area contributed by atoms with E-state index in [2.05, 4.69) is 41.5 Å². The molecule has 3 unspecified atom stereocenters. The molecule has 6 atom stereocenters. The number of phosphoric acid groups is 2. The van der Waals surface area contributed by atoms with Crippen LogP contribution in [0.3, 0.4) is 0 Å². The Morgan fingerprint density at radius 2 is 0.520 bits per heavy atom. The topological polar surface area (TPSA) is 237 Å². The van der Waals surface area contributed by atoms with Gasteiger partial charge in [-0.05, 0) is 37.5 Å². The number of carbonyl (C=O) groups is 4. The van der Waals surface area contributed by atoms with Gasteiger partial charge in [0.05, 0.1) is 26.4 Å². The fourth-order valence-electron chi connectivity index (χ4n) is 12.2. The highest BCUT2D eigenvalue weighted by molar-refractivity contribution is 7.47. The molecule has 0 rings (SSSR count). The molecule has 0 spiro atoms. The van der Waals surface area contributed by atoms with Gasteiger partial charge >= 0.3 is 39.5 Å². The van der Waals surface area contributed by atoms with Crippen molar-refractivity contribution < 1.29 is 80.2 Å². The number of esters is 4. The normalized spacial score (nSPS) is 14.2. The molecule has 98 heavy (non-hydrogen) atoms. The molecule has 0 saturated carbocycles. The molecule has 3 N–H and O–H groups in total. The molecule has 0 aromatic carbocycles. The first-order chi connectivity index (χ1) is 47.4. The largest absolute Gasteiger partial charge is 0.472 e. The highest BCUT2D eigenvalue weighted by atomic mass is 31.2. The smallest absolute Gasteiger partial charge is 0.462 e. The lowest BCUT2D eigenvalue weighted by Crippen LogP contribution is -2.30. The molecule has 0 bridgehead atoms. The fraction of sp³-hybridized carbons (Fsp3) is 0.949. The van der Waals surface area contributed by atoms with Gasteiger partial charge in [-0.25, -0.2) is 9.13 Å². The lowest BCUT2D eigenvalue weighted by Gasteiger charge is -2.21. The third-order valence-corrected chi connectivity index (χ3v) is 20.7. The molecule has 0 aliphatic heterocycles. The number of rotatable bonds is 78. The van der Waals surface area contributed by atoms with E-state index in [1.54, 1.807) is 0 Å². The molecule has 0 heterocycles. The standard InChI is InChI=1S/C79H154O17P2/c1-7-10-12-14-16-18-20-22-24-25-26-27-28-30-32-34-39-43-51-57-63-78(83)95-74(67-89-76(81)61-55-49-42-38-33-31-29-23-21-19-17-15-13-11-8-2)69-93-97(85,86)91-65-73(80)66-92-98(87,88)94-70-75(68-90-77(82)62-56-50-46-45-47-53-59-71(4)5)96-79(84)64-58-52-44-40-36-35-37-41-48-54-60-72(6)9-3/h71-75,80H,7-70H2,1-6H3,(H,85,86)(H,87,88)/t72?,73-,74-,75-/m1/s1. The molecule has 19 heteroatoms. The first kappa shape index (κ1) is 96.1. The van der Waals surface area contributed by atoms with Crippen molar-refractivity contribution in [2.75, 3.05) is 39.6 Å². The van der Waals surface area contributed by atoms with Crippen LogP contribution in [-0.4, -0.2) is 96.7 Å². The molecule has 0 fully saturated rings. The van der Waals surface area contributed by atoms with E-state index < -0.39 is 97.5 Å². The van der Waals surface area contributed by atoms with Gasteiger partial charge in [-0.3, -0.25) is 37.3 Å². The van der Waals surface area contributed by atoms with Crippen LogP contribution in [0.15, 0.2) is 0 Å². The quantitative estimate of drug-likeness (QED) is 0.0222. The SMILES string of the molecule is CCCCCCCCCCCCCCCCCCCCCCC(=O)O[C@H](COC(=O)CCCCCCCCCCCCCCCCC)COP(=O)(O)OC[C@@H](O)COP(=O)(O)OC[C@@H](COC(=O)CCCCCCCCC(C)C)OC(=O)CCCCCCCCCCCCC(C)CC. The van der Waals surface area contributed by atoms with Gasteiger partial charge in [-0.2, -0.15) is 0 Å². The summed E-state index contributed by atoms with van der Waals surface area (Å²) in [5.41, 5.74) is 0. The summed E-state index contributed by atoms with van der Waals surface area (Å²) in [6.07, 6.45) is 59.8. The highest BCUT2D eigenvalue weighted by Gasteiger charge is 2.30. The monoisotopic (exact) mass is 1440 g/mol. The van der Waals surface area contributed by atoms with Crippen molar-refractivity contribution in [1.82, 2.24) is 0 Å². The molecule has 0 aliphatic rings. The van der Waals surface area contributed by atoms with Crippen molar-refractivity contribution in [3.8, 4) is 0 Å². The maximum Gasteiger partial charge on any atom is 0.472 e.